The van der Waals surface area contributed by atoms with Gasteiger partial charge in [-0.05, 0) is 36.8 Å². The number of aliphatic carboxylic acids is 1. The van der Waals surface area contributed by atoms with Crippen molar-refractivity contribution in [1.29, 1.82) is 0 Å². The van der Waals surface area contributed by atoms with Gasteiger partial charge in [-0.3, -0.25) is 4.79 Å². The minimum atomic E-state index is -4.81. The summed E-state index contributed by atoms with van der Waals surface area (Å²) in [5.74, 6) is -2.72. The molecule has 2 aliphatic carbocycles. The molecule has 0 radical (unpaired) electrons. The number of benzene rings is 1. The Morgan fingerprint density at radius 2 is 1.81 bits per heavy atom. The second-order valence-electron chi connectivity index (χ2n) is 6.97. The molecular formula is C18H20F3NO4. The third-order valence-electron chi connectivity index (χ3n) is 5.15. The van der Waals surface area contributed by atoms with Crippen molar-refractivity contribution in [2.75, 3.05) is 0 Å². The number of ether oxygens (including phenoxy) is 1. The van der Waals surface area contributed by atoms with Crippen LogP contribution in [-0.4, -0.2) is 28.9 Å². The van der Waals surface area contributed by atoms with E-state index in [-0.39, 0.29) is 5.75 Å². The van der Waals surface area contributed by atoms with E-state index in [1.807, 2.05) is 0 Å². The molecule has 26 heavy (non-hydrogen) atoms. The number of carbonyl (C=O) groups excluding carboxylic acids is 1. The fraction of sp³-hybridized carbons (Fsp3) is 0.556. The maximum absolute atomic E-state index is 12.5. The van der Waals surface area contributed by atoms with Crippen LogP contribution in [0.1, 0.15) is 50.0 Å². The van der Waals surface area contributed by atoms with Gasteiger partial charge >= 0.3 is 12.3 Å². The smallest absolute Gasteiger partial charge is 0.480 e. The zero-order valence-electron chi connectivity index (χ0n) is 14.0. The van der Waals surface area contributed by atoms with Gasteiger partial charge in [0.25, 0.3) is 0 Å². The van der Waals surface area contributed by atoms with Crippen LogP contribution in [0.2, 0.25) is 0 Å². The number of carboxylic acids is 1. The molecule has 0 bridgehead atoms. The third-order valence-corrected chi connectivity index (χ3v) is 5.15. The van der Waals surface area contributed by atoms with Gasteiger partial charge in [-0.25, -0.2) is 4.79 Å². The lowest BCUT2D eigenvalue weighted by atomic mass is 9.81. The first-order valence-electron chi connectivity index (χ1n) is 8.62. The molecule has 2 aliphatic rings. The Hall–Kier alpha value is -2.25. The SMILES string of the molecule is O=C(NC1(C(=O)O)CCCCC1)C1CC1c1ccccc1OC(F)(F)F. The summed E-state index contributed by atoms with van der Waals surface area (Å²) in [6, 6.07) is 5.75. The van der Waals surface area contributed by atoms with Crippen LogP contribution in [0.15, 0.2) is 24.3 Å². The Morgan fingerprint density at radius 3 is 2.42 bits per heavy atom. The van der Waals surface area contributed by atoms with E-state index in [1.165, 1.54) is 18.2 Å². The van der Waals surface area contributed by atoms with E-state index in [2.05, 4.69) is 10.1 Å². The average Bonchev–Trinajstić information content (AvgIpc) is 3.35. The zero-order valence-corrected chi connectivity index (χ0v) is 14.0. The second-order valence-corrected chi connectivity index (χ2v) is 6.97. The van der Waals surface area contributed by atoms with Gasteiger partial charge in [0.1, 0.15) is 11.3 Å². The van der Waals surface area contributed by atoms with Crippen molar-refractivity contribution in [3.8, 4) is 5.75 Å². The van der Waals surface area contributed by atoms with E-state index in [0.717, 1.165) is 19.3 Å². The number of carboxylic acid groups (broad SMARTS) is 1. The lowest BCUT2D eigenvalue weighted by Gasteiger charge is -2.34. The number of amides is 1. The Morgan fingerprint density at radius 1 is 1.15 bits per heavy atom. The normalized spacial score (nSPS) is 24.6. The van der Waals surface area contributed by atoms with Crippen LogP contribution in [0.25, 0.3) is 0 Å². The van der Waals surface area contributed by atoms with Gasteiger partial charge in [-0.2, -0.15) is 0 Å². The van der Waals surface area contributed by atoms with E-state index in [1.54, 1.807) is 6.07 Å². The summed E-state index contributed by atoms with van der Waals surface area (Å²) < 4.78 is 41.7. The number of alkyl halides is 3. The molecule has 1 aromatic rings. The van der Waals surface area contributed by atoms with E-state index < -0.39 is 35.6 Å². The van der Waals surface area contributed by atoms with Gasteiger partial charge in [0, 0.05) is 5.92 Å². The summed E-state index contributed by atoms with van der Waals surface area (Å²) in [7, 11) is 0. The van der Waals surface area contributed by atoms with Gasteiger partial charge in [0.05, 0.1) is 0 Å². The predicted molar refractivity (Wildman–Crippen MR) is 85.6 cm³/mol. The van der Waals surface area contributed by atoms with Crippen LogP contribution in [0.3, 0.4) is 0 Å². The first kappa shape index (κ1) is 18.5. The molecule has 5 nitrogen and oxygen atoms in total. The van der Waals surface area contributed by atoms with Gasteiger partial charge in [0.2, 0.25) is 5.91 Å². The lowest BCUT2D eigenvalue weighted by molar-refractivity contribution is -0.274. The van der Waals surface area contributed by atoms with E-state index in [9.17, 15) is 27.9 Å². The highest BCUT2D eigenvalue weighted by Gasteiger charge is 2.50. The maximum atomic E-state index is 12.5. The highest BCUT2D eigenvalue weighted by atomic mass is 19.4. The summed E-state index contributed by atoms with van der Waals surface area (Å²) >= 11 is 0. The summed E-state index contributed by atoms with van der Waals surface area (Å²) in [6.07, 6.45) is -1.30. The first-order chi connectivity index (χ1) is 12.2. The molecule has 0 spiro atoms. The highest BCUT2D eigenvalue weighted by molar-refractivity contribution is 5.90. The molecule has 8 heteroatoms. The topological polar surface area (TPSA) is 75.6 Å². The van der Waals surface area contributed by atoms with Gasteiger partial charge in [-0.15, -0.1) is 13.2 Å². The Kier molecular flexibility index (Phi) is 4.86. The average molecular weight is 371 g/mol. The van der Waals surface area contributed by atoms with Crippen LogP contribution in [-0.2, 0) is 9.59 Å². The number of para-hydroxylation sites is 1. The molecule has 0 aromatic heterocycles. The molecular weight excluding hydrogens is 351 g/mol. The van der Waals surface area contributed by atoms with Crippen LogP contribution < -0.4 is 10.1 Å². The molecule has 142 valence electrons. The summed E-state index contributed by atoms with van der Waals surface area (Å²) in [5, 5.41) is 12.2. The molecule has 0 saturated heterocycles. The van der Waals surface area contributed by atoms with Crippen LogP contribution in [0.4, 0.5) is 13.2 Å². The van der Waals surface area contributed by atoms with Crippen molar-refractivity contribution in [3.05, 3.63) is 29.8 Å². The van der Waals surface area contributed by atoms with Gasteiger partial charge < -0.3 is 15.2 Å². The number of hydrogen-bond acceptors (Lipinski definition) is 3. The standard InChI is InChI=1S/C18H20F3NO4/c19-18(20,21)26-14-7-3-2-6-11(14)12-10-13(12)15(23)22-17(16(24)25)8-4-1-5-9-17/h2-3,6-7,12-13H,1,4-5,8-10H2,(H,22,23)(H,24,25). The molecule has 2 atom stereocenters. The number of carbonyl (C=O) groups is 2. The number of hydrogen-bond donors (Lipinski definition) is 2. The summed E-state index contributed by atoms with van der Waals surface area (Å²) in [5.41, 5.74) is -0.942. The van der Waals surface area contributed by atoms with Crippen molar-refractivity contribution >= 4 is 11.9 Å². The van der Waals surface area contributed by atoms with Crippen molar-refractivity contribution in [1.82, 2.24) is 5.32 Å². The van der Waals surface area contributed by atoms with E-state index >= 15 is 0 Å². The Balaban J connectivity index is 1.70. The Labute approximate surface area is 148 Å². The minimum Gasteiger partial charge on any atom is -0.480 e. The highest BCUT2D eigenvalue weighted by Crippen LogP contribution is 2.51. The van der Waals surface area contributed by atoms with Gasteiger partial charge in [-0.1, -0.05) is 37.5 Å². The van der Waals surface area contributed by atoms with Crippen molar-refractivity contribution in [2.45, 2.75) is 56.3 Å². The molecule has 2 unspecified atom stereocenters. The quantitative estimate of drug-likeness (QED) is 0.829. The minimum absolute atomic E-state index is 0.314. The summed E-state index contributed by atoms with van der Waals surface area (Å²) in [4.78, 5) is 24.2. The molecule has 2 N–H and O–H groups in total. The molecule has 2 saturated carbocycles. The summed E-state index contributed by atoms with van der Waals surface area (Å²) in [6.45, 7) is 0. The van der Waals surface area contributed by atoms with Crippen molar-refractivity contribution in [3.63, 3.8) is 0 Å². The molecule has 0 aliphatic heterocycles. The van der Waals surface area contributed by atoms with Crippen molar-refractivity contribution in [2.24, 2.45) is 5.92 Å². The lowest BCUT2D eigenvalue weighted by Crippen LogP contribution is -2.56. The number of rotatable bonds is 5. The molecule has 1 amide bonds. The maximum Gasteiger partial charge on any atom is 0.573 e. The largest absolute Gasteiger partial charge is 0.573 e. The van der Waals surface area contributed by atoms with Crippen LogP contribution >= 0.6 is 0 Å². The fourth-order valence-electron chi connectivity index (χ4n) is 3.71. The van der Waals surface area contributed by atoms with Crippen LogP contribution in [0, 0.1) is 5.92 Å². The fourth-order valence-corrected chi connectivity index (χ4v) is 3.71. The monoisotopic (exact) mass is 371 g/mol. The van der Waals surface area contributed by atoms with E-state index in [0.29, 0.717) is 24.8 Å². The van der Waals surface area contributed by atoms with Crippen molar-refractivity contribution < 1.29 is 32.6 Å². The Bertz CT molecular complexity index is 698. The predicted octanol–water partition coefficient (Wildman–Crippen LogP) is 3.59. The molecule has 1 aromatic carbocycles. The van der Waals surface area contributed by atoms with Crippen LogP contribution in [0.5, 0.6) is 5.75 Å². The molecule has 3 rings (SSSR count). The zero-order chi connectivity index (χ0) is 18.9. The molecule has 2 fully saturated rings. The number of nitrogens with one attached hydrogen (secondary N) is 1. The first-order valence-corrected chi connectivity index (χ1v) is 8.62. The van der Waals surface area contributed by atoms with E-state index in [4.69, 9.17) is 0 Å². The molecule has 0 heterocycles. The number of halogens is 3. The third kappa shape index (κ3) is 3.94. The van der Waals surface area contributed by atoms with Gasteiger partial charge in [0.15, 0.2) is 0 Å². The second kappa shape index (κ2) is 6.81.